The van der Waals surface area contributed by atoms with Crippen LogP contribution in [0.25, 0.3) is 0 Å². The quantitative estimate of drug-likeness (QED) is 0.731. The molecule has 0 spiro atoms. The average Bonchev–Trinajstić information content (AvgIpc) is 3.32. The summed E-state index contributed by atoms with van der Waals surface area (Å²) in [5.41, 5.74) is 2.61. The maximum atomic E-state index is 12.9. The molecule has 2 saturated heterocycles. The molecule has 164 valence electrons. The summed E-state index contributed by atoms with van der Waals surface area (Å²) in [4.78, 5) is 41.6. The fourth-order valence-electron chi connectivity index (χ4n) is 4.73. The second kappa shape index (κ2) is 9.59. The molecule has 0 unspecified atom stereocenters. The smallest absolute Gasteiger partial charge is 0.290 e. The van der Waals surface area contributed by atoms with E-state index >= 15 is 0 Å². The van der Waals surface area contributed by atoms with Crippen molar-refractivity contribution in [3.05, 3.63) is 59.4 Å². The Balaban J connectivity index is 0.000000858. The minimum absolute atomic E-state index is 0.0116. The molecule has 0 aliphatic carbocycles. The molecule has 0 bridgehead atoms. The van der Waals surface area contributed by atoms with Crippen LogP contribution in [0.1, 0.15) is 40.9 Å². The Kier molecular flexibility index (Phi) is 6.89. The molecular formula is C23H27N3O5. The predicted octanol–water partition coefficient (Wildman–Crippen LogP) is 2.48. The number of carbonyl (C=O) groups is 3. The van der Waals surface area contributed by atoms with Crippen molar-refractivity contribution in [3.8, 4) is 5.75 Å². The largest absolute Gasteiger partial charge is 0.505 e. The van der Waals surface area contributed by atoms with Crippen molar-refractivity contribution in [2.75, 3.05) is 19.6 Å². The van der Waals surface area contributed by atoms with Crippen LogP contribution in [-0.2, 0) is 9.59 Å². The number of hydrogen-bond donors (Lipinski definition) is 2. The molecule has 2 aromatic rings. The Morgan fingerprint density at radius 3 is 2.55 bits per heavy atom. The lowest BCUT2D eigenvalue weighted by Crippen LogP contribution is -2.37. The van der Waals surface area contributed by atoms with Gasteiger partial charge in [0.05, 0.1) is 17.8 Å². The Bertz CT molecular complexity index is 964. The van der Waals surface area contributed by atoms with E-state index in [1.54, 1.807) is 6.07 Å². The molecule has 31 heavy (non-hydrogen) atoms. The number of nitrogens with zero attached hydrogens (tertiary/aromatic N) is 3. The van der Waals surface area contributed by atoms with Gasteiger partial charge in [-0.05, 0) is 24.1 Å². The molecule has 1 aromatic carbocycles. The lowest BCUT2D eigenvalue weighted by molar-refractivity contribution is -0.132. The van der Waals surface area contributed by atoms with Crippen LogP contribution in [0.2, 0.25) is 0 Å². The van der Waals surface area contributed by atoms with Crippen LogP contribution in [0, 0.1) is 18.8 Å². The highest BCUT2D eigenvalue weighted by atomic mass is 16.3. The van der Waals surface area contributed by atoms with Crippen molar-refractivity contribution in [1.29, 1.82) is 0 Å². The number of fused-ring (bicyclic) bond motifs is 1. The molecule has 1 aromatic heterocycles. The summed E-state index contributed by atoms with van der Waals surface area (Å²) in [6, 6.07) is 9.73. The van der Waals surface area contributed by atoms with E-state index in [9.17, 15) is 14.7 Å². The number of hydrogen-bond acceptors (Lipinski definition) is 5. The number of aryl methyl sites for hydroxylation is 1. The molecule has 2 fully saturated rings. The Morgan fingerprint density at radius 1 is 1.19 bits per heavy atom. The molecular weight excluding hydrogens is 398 g/mol. The summed E-state index contributed by atoms with van der Waals surface area (Å²) in [5, 5.41) is 16.9. The average molecular weight is 425 g/mol. The van der Waals surface area contributed by atoms with Crippen molar-refractivity contribution in [2.24, 2.45) is 11.8 Å². The van der Waals surface area contributed by atoms with Gasteiger partial charge < -0.3 is 20.0 Å². The molecule has 0 radical (unpaired) electrons. The Morgan fingerprint density at radius 2 is 1.90 bits per heavy atom. The van der Waals surface area contributed by atoms with Gasteiger partial charge in [0.2, 0.25) is 5.91 Å². The van der Waals surface area contributed by atoms with E-state index < -0.39 is 0 Å². The zero-order valence-corrected chi connectivity index (χ0v) is 17.6. The van der Waals surface area contributed by atoms with Gasteiger partial charge in [0.25, 0.3) is 12.4 Å². The monoisotopic (exact) mass is 425 g/mol. The van der Waals surface area contributed by atoms with E-state index in [1.807, 2.05) is 28.9 Å². The first-order valence-electron chi connectivity index (χ1n) is 10.3. The van der Waals surface area contributed by atoms with Gasteiger partial charge in [0.1, 0.15) is 5.75 Å². The molecule has 3 atom stereocenters. The van der Waals surface area contributed by atoms with Gasteiger partial charge in [0, 0.05) is 44.1 Å². The van der Waals surface area contributed by atoms with Crippen LogP contribution >= 0.6 is 0 Å². The Hall–Kier alpha value is -3.42. The van der Waals surface area contributed by atoms with Crippen LogP contribution in [0.15, 0.2) is 42.7 Å². The fraction of sp³-hybridized carbons (Fsp3) is 0.391. The lowest BCUT2D eigenvalue weighted by Gasteiger charge is -2.31. The first-order chi connectivity index (χ1) is 14.9. The second-order valence-electron chi connectivity index (χ2n) is 7.83. The third kappa shape index (κ3) is 4.38. The van der Waals surface area contributed by atoms with Gasteiger partial charge in [-0.3, -0.25) is 19.4 Å². The highest BCUT2D eigenvalue weighted by molar-refractivity contribution is 5.96. The number of rotatable bonds is 3. The number of aromatic hydroxyl groups is 1. The summed E-state index contributed by atoms with van der Waals surface area (Å²) < 4.78 is 0. The van der Waals surface area contributed by atoms with Crippen LogP contribution in [0.4, 0.5) is 0 Å². The molecule has 4 rings (SSSR count). The number of aromatic nitrogens is 1. The number of pyridine rings is 1. The van der Waals surface area contributed by atoms with Crippen LogP contribution in [0.5, 0.6) is 5.75 Å². The fourth-order valence-corrected chi connectivity index (χ4v) is 4.73. The van der Waals surface area contributed by atoms with Gasteiger partial charge >= 0.3 is 0 Å². The summed E-state index contributed by atoms with van der Waals surface area (Å²) >= 11 is 0. The van der Waals surface area contributed by atoms with E-state index in [1.165, 1.54) is 18.0 Å². The number of amides is 2. The van der Waals surface area contributed by atoms with E-state index in [2.05, 4.69) is 24.0 Å². The van der Waals surface area contributed by atoms with E-state index in [0.29, 0.717) is 26.1 Å². The molecule has 2 amide bonds. The third-order valence-corrected chi connectivity index (χ3v) is 6.11. The topological polar surface area (TPSA) is 111 Å². The molecule has 3 heterocycles. The van der Waals surface area contributed by atoms with Crippen molar-refractivity contribution < 1.29 is 24.6 Å². The number of likely N-dealkylation sites (tertiary alicyclic amines) is 2. The molecule has 0 saturated carbocycles. The maximum absolute atomic E-state index is 12.9. The first kappa shape index (κ1) is 22.3. The van der Waals surface area contributed by atoms with Crippen molar-refractivity contribution in [2.45, 2.75) is 26.3 Å². The summed E-state index contributed by atoms with van der Waals surface area (Å²) in [5.74, 6) is 0.332. The van der Waals surface area contributed by atoms with Crippen LogP contribution in [0.3, 0.4) is 0 Å². The first-order valence-corrected chi connectivity index (χ1v) is 10.3. The molecule has 8 heteroatoms. The summed E-state index contributed by atoms with van der Waals surface area (Å²) in [6.07, 6.45) is 3.29. The number of carbonyl (C=O) groups excluding carboxylic acids is 2. The molecule has 2 aliphatic heterocycles. The molecule has 8 nitrogen and oxygen atoms in total. The van der Waals surface area contributed by atoms with E-state index in [-0.39, 0.29) is 47.5 Å². The van der Waals surface area contributed by atoms with Gasteiger partial charge in [-0.15, -0.1) is 0 Å². The van der Waals surface area contributed by atoms with Crippen LogP contribution in [-0.4, -0.2) is 62.9 Å². The number of benzene rings is 1. The zero-order valence-electron chi connectivity index (χ0n) is 17.6. The van der Waals surface area contributed by atoms with Gasteiger partial charge in [-0.2, -0.15) is 0 Å². The van der Waals surface area contributed by atoms with E-state index in [0.717, 1.165) is 5.56 Å². The SMILES string of the molecule is CCC(=O)N1C[C@@H]2CN(C(=O)c3ccncc3O)C[C@@H]2[C@H]1c1ccccc1C.O=CO. The zero-order chi connectivity index (χ0) is 22.5. The minimum atomic E-state index is -0.250. The number of carboxylic acid groups (broad SMARTS) is 1. The molecule has 2 aliphatic rings. The van der Waals surface area contributed by atoms with Crippen molar-refractivity contribution in [1.82, 2.24) is 14.8 Å². The highest BCUT2D eigenvalue weighted by Gasteiger charge is 2.50. The lowest BCUT2D eigenvalue weighted by atomic mass is 9.87. The van der Waals surface area contributed by atoms with Gasteiger partial charge in [-0.1, -0.05) is 31.2 Å². The Labute approximate surface area is 181 Å². The standard InChI is InChI=1S/C22H25N3O3.CH2O2/c1-3-20(27)25-12-15-11-24(22(28)17-8-9-23-10-19(17)26)13-18(15)21(25)16-7-5-4-6-14(16)2;2-1-3/h4-10,15,18,21,26H,3,11-13H2,1-2H3;1H,(H,2,3)/t15-,18-,21+;/m0./s1. The van der Waals surface area contributed by atoms with Crippen molar-refractivity contribution in [3.63, 3.8) is 0 Å². The highest BCUT2D eigenvalue weighted by Crippen LogP contribution is 2.46. The molecule has 2 N–H and O–H groups in total. The minimum Gasteiger partial charge on any atom is -0.505 e. The van der Waals surface area contributed by atoms with Crippen molar-refractivity contribution >= 4 is 18.3 Å². The predicted molar refractivity (Wildman–Crippen MR) is 113 cm³/mol. The second-order valence-corrected chi connectivity index (χ2v) is 7.83. The normalized spacial score (nSPS) is 21.8. The van der Waals surface area contributed by atoms with Crippen LogP contribution < -0.4 is 0 Å². The maximum Gasteiger partial charge on any atom is 0.290 e. The van der Waals surface area contributed by atoms with Gasteiger partial charge in [0.15, 0.2) is 0 Å². The summed E-state index contributed by atoms with van der Waals surface area (Å²) in [7, 11) is 0. The third-order valence-electron chi connectivity index (χ3n) is 6.11. The van der Waals surface area contributed by atoms with Gasteiger partial charge in [-0.25, -0.2) is 0 Å². The summed E-state index contributed by atoms with van der Waals surface area (Å²) in [6.45, 7) is 5.57. The van der Waals surface area contributed by atoms with E-state index in [4.69, 9.17) is 9.90 Å².